The fourth-order valence-corrected chi connectivity index (χ4v) is 6.21. The molecule has 4 rings (SSSR count). The second kappa shape index (κ2) is 13.4. The number of nitrogens with one attached hydrogen (secondary N) is 1. The molecule has 0 bridgehead atoms. The minimum atomic E-state index is -3.96. The Labute approximate surface area is 242 Å². The Hall–Kier alpha value is -3.20. The average Bonchev–Trinajstić information content (AvgIpc) is 3.45. The number of carbonyl (C=O) groups excluding carboxylic acids is 2. The summed E-state index contributed by atoms with van der Waals surface area (Å²) in [5.41, 5.74) is 2.85. The van der Waals surface area contributed by atoms with Crippen LogP contribution in [0.3, 0.4) is 0 Å². The van der Waals surface area contributed by atoms with E-state index in [9.17, 15) is 18.0 Å². The smallest absolute Gasteiger partial charge is 0.243 e. The molecule has 1 saturated carbocycles. The summed E-state index contributed by atoms with van der Waals surface area (Å²) in [6, 6.07) is 22.4. The van der Waals surface area contributed by atoms with Crippen molar-refractivity contribution in [3.63, 3.8) is 0 Å². The van der Waals surface area contributed by atoms with Crippen LogP contribution in [-0.2, 0) is 32.6 Å². The topological polar surface area (TPSA) is 86.8 Å². The first kappa shape index (κ1) is 29.8. The first-order valence-corrected chi connectivity index (χ1v) is 15.4. The lowest BCUT2D eigenvalue weighted by Gasteiger charge is -2.33. The van der Waals surface area contributed by atoms with E-state index >= 15 is 0 Å². The van der Waals surface area contributed by atoms with Gasteiger partial charge in [-0.2, -0.15) is 4.31 Å². The zero-order chi connectivity index (χ0) is 28.7. The van der Waals surface area contributed by atoms with Crippen molar-refractivity contribution < 1.29 is 18.0 Å². The maximum atomic E-state index is 13.9. The summed E-state index contributed by atoms with van der Waals surface area (Å²) in [6.07, 6.45) is 4.27. The van der Waals surface area contributed by atoms with Gasteiger partial charge in [-0.1, -0.05) is 84.6 Å². The van der Waals surface area contributed by atoms with Gasteiger partial charge in [-0.3, -0.25) is 9.59 Å². The molecule has 212 valence electrons. The lowest BCUT2D eigenvalue weighted by molar-refractivity contribution is -0.141. The van der Waals surface area contributed by atoms with E-state index in [1.807, 2.05) is 61.5 Å². The molecule has 1 atom stereocenters. The van der Waals surface area contributed by atoms with E-state index in [-0.39, 0.29) is 23.4 Å². The second-order valence-corrected chi connectivity index (χ2v) is 12.9. The zero-order valence-corrected chi connectivity index (χ0v) is 24.5. The van der Waals surface area contributed by atoms with E-state index < -0.39 is 28.5 Å². The monoisotopic (exact) mass is 581 g/mol. The van der Waals surface area contributed by atoms with Crippen molar-refractivity contribution in [2.75, 3.05) is 13.6 Å². The van der Waals surface area contributed by atoms with Crippen LogP contribution in [-0.4, -0.2) is 55.1 Å². The van der Waals surface area contributed by atoms with E-state index in [0.29, 0.717) is 11.4 Å². The number of rotatable bonds is 11. The van der Waals surface area contributed by atoms with Gasteiger partial charge in [-0.05, 0) is 55.2 Å². The maximum absolute atomic E-state index is 13.9. The summed E-state index contributed by atoms with van der Waals surface area (Å²) in [4.78, 5) is 29.3. The Balaban J connectivity index is 1.65. The summed E-state index contributed by atoms with van der Waals surface area (Å²) >= 11 is 5.94. The van der Waals surface area contributed by atoms with Gasteiger partial charge in [0, 0.05) is 31.1 Å². The Morgan fingerprint density at radius 3 is 2.17 bits per heavy atom. The summed E-state index contributed by atoms with van der Waals surface area (Å²) in [6.45, 7) is 1.74. The molecule has 3 aromatic rings. The van der Waals surface area contributed by atoms with Crippen LogP contribution in [0.5, 0.6) is 0 Å². The normalized spacial score (nSPS) is 14.7. The zero-order valence-electron chi connectivity index (χ0n) is 22.9. The van der Waals surface area contributed by atoms with E-state index in [1.165, 1.54) is 36.2 Å². The van der Waals surface area contributed by atoms with Crippen LogP contribution < -0.4 is 5.32 Å². The van der Waals surface area contributed by atoms with Gasteiger partial charge in [0.1, 0.15) is 6.04 Å². The van der Waals surface area contributed by atoms with Crippen LogP contribution in [0.1, 0.15) is 42.4 Å². The van der Waals surface area contributed by atoms with Gasteiger partial charge in [0.15, 0.2) is 0 Å². The van der Waals surface area contributed by atoms with Gasteiger partial charge in [-0.15, -0.1) is 0 Å². The Kier molecular flexibility index (Phi) is 10.0. The molecule has 0 aromatic heterocycles. The molecule has 2 amide bonds. The predicted molar refractivity (Wildman–Crippen MR) is 157 cm³/mol. The molecular weight excluding hydrogens is 546 g/mol. The molecule has 9 heteroatoms. The van der Waals surface area contributed by atoms with Gasteiger partial charge < -0.3 is 10.2 Å². The van der Waals surface area contributed by atoms with Crippen LogP contribution in [0.15, 0.2) is 83.8 Å². The molecule has 1 N–H and O–H groups in total. The van der Waals surface area contributed by atoms with E-state index in [1.54, 1.807) is 0 Å². The number of benzene rings is 3. The molecule has 0 heterocycles. The number of amides is 2. The highest BCUT2D eigenvalue weighted by molar-refractivity contribution is 7.89. The molecular formula is C31H36ClN3O4S. The Morgan fingerprint density at radius 1 is 0.925 bits per heavy atom. The number of halogens is 1. The molecule has 0 aliphatic heterocycles. The SMILES string of the molecule is Cc1ccc(CN(C(=O)CN(C)S(=O)(=O)c2ccc(Cl)cc2)[C@@H](Cc2ccccc2)C(=O)NC2CCCC2)cc1. The lowest BCUT2D eigenvalue weighted by atomic mass is 10.0. The number of hydrogen-bond donors (Lipinski definition) is 1. The van der Waals surface area contributed by atoms with Crippen molar-refractivity contribution in [2.24, 2.45) is 0 Å². The minimum Gasteiger partial charge on any atom is -0.352 e. The van der Waals surface area contributed by atoms with Crippen LogP contribution in [0, 0.1) is 6.92 Å². The van der Waals surface area contributed by atoms with Crippen molar-refractivity contribution in [3.8, 4) is 0 Å². The number of hydrogen-bond acceptors (Lipinski definition) is 4. The summed E-state index contributed by atoms with van der Waals surface area (Å²) < 4.78 is 27.5. The van der Waals surface area contributed by atoms with Crippen molar-refractivity contribution in [3.05, 3.63) is 101 Å². The molecule has 7 nitrogen and oxygen atoms in total. The summed E-state index contributed by atoms with van der Waals surface area (Å²) in [7, 11) is -2.59. The molecule has 1 fully saturated rings. The third-order valence-electron chi connectivity index (χ3n) is 7.33. The predicted octanol–water partition coefficient (Wildman–Crippen LogP) is 4.97. The highest BCUT2D eigenvalue weighted by Gasteiger charge is 2.34. The third-order valence-corrected chi connectivity index (χ3v) is 9.40. The van der Waals surface area contributed by atoms with Crippen molar-refractivity contribution in [1.29, 1.82) is 0 Å². The van der Waals surface area contributed by atoms with E-state index in [0.717, 1.165) is 46.7 Å². The van der Waals surface area contributed by atoms with Gasteiger partial charge in [0.05, 0.1) is 11.4 Å². The molecule has 1 aliphatic carbocycles. The number of sulfonamides is 1. The molecule has 0 saturated heterocycles. The van der Waals surface area contributed by atoms with Crippen LogP contribution >= 0.6 is 11.6 Å². The molecule has 40 heavy (non-hydrogen) atoms. The van der Waals surface area contributed by atoms with Gasteiger partial charge in [0.2, 0.25) is 21.8 Å². The number of carbonyl (C=O) groups is 2. The summed E-state index contributed by atoms with van der Waals surface area (Å²) in [5, 5.41) is 3.58. The van der Waals surface area contributed by atoms with Crippen LogP contribution in [0.25, 0.3) is 0 Å². The third kappa shape index (κ3) is 7.71. The fourth-order valence-electron chi connectivity index (χ4n) is 4.96. The standard InChI is InChI=1S/C31H36ClN3O4S/c1-23-12-14-25(15-13-23)21-35(30(36)22-34(2)40(38,39)28-18-16-26(32)17-19-28)29(20-24-8-4-3-5-9-24)31(37)33-27-10-6-7-11-27/h3-5,8-9,12-19,27,29H,6-7,10-11,20-22H2,1-2H3,(H,33,37)/t29-/m0/s1. The molecule has 1 aliphatic rings. The fraction of sp³-hybridized carbons (Fsp3) is 0.355. The maximum Gasteiger partial charge on any atom is 0.243 e. The molecule has 0 unspecified atom stereocenters. The minimum absolute atomic E-state index is 0.0390. The number of nitrogens with zero attached hydrogens (tertiary/aromatic N) is 2. The quantitative estimate of drug-likeness (QED) is 0.346. The highest BCUT2D eigenvalue weighted by Crippen LogP contribution is 2.22. The van der Waals surface area contributed by atoms with Gasteiger partial charge in [0.25, 0.3) is 0 Å². The summed E-state index contributed by atoms with van der Waals surface area (Å²) in [5.74, 6) is -0.678. The molecule has 3 aromatic carbocycles. The first-order valence-electron chi connectivity index (χ1n) is 13.5. The van der Waals surface area contributed by atoms with Crippen LogP contribution in [0.4, 0.5) is 0 Å². The van der Waals surface area contributed by atoms with Crippen molar-refractivity contribution in [1.82, 2.24) is 14.5 Å². The first-order chi connectivity index (χ1) is 19.1. The molecule has 0 radical (unpaired) electrons. The second-order valence-electron chi connectivity index (χ2n) is 10.4. The highest BCUT2D eigenvalue weighted by atomic mass is 35.5. The number of aryl methyl sites for hydroxylation is 1. The average molecular weight is 582 g/mol. The largest absolute Gasteiger partial charge is 0.352 e. The lowest BCUT2D eigenvalue weighted by Crippen LogP contribution is -2.54. The van der Waals surface area contributed by atoms with Gasteiger partial charge in [-0.25, -0.2) is 8.42 Å². The Bertz CT molecular complexity index is 1390. The number of likely N-dealkylation sites (N-methyl/N-ethyl adjacent to an activating group) is 1. The van der Waals surface area contributed by atoms with E-state index in [4.69, 9.17) is 11.6 Å². The van der Waals surface area contributed by atoms with E-state index in [2.05, 4.69) is 5.32 Å². The van der Waals surface area contributed by atoms with Crippen molar-refractivity contribution in [2.45, 2.75) is 62.6 Å². The van der Waals surface area contributed by atoms with Crippen molar-refractivity contribution >= 4 is 33.4 Å². The van der Waals surface area contributed by atoms with Gasteiger partial charge >= 0.3 is 0 Å². The van der Waals surface area contributed by atoms with Crippen LogP contribution in [0.2, 0.25) is 5.02 Å². The molecule has 0 spiro atoms. The Morgan fingerprint density at radius 2 is 1.55 bits per heavy atom.